The topological polar surface area (TPSA) is 85.1 Å². The van der Waals surface area contributed by atoms with Crippen LogP contribution >= 0.6 is 0 Å². The van der Waals surface area contributed by atoms with Gasteiger partial charge in [-0.15, -0.1) is 0 Å². The molecule has 0 N–H and O–H groups in total. The van der Waals surface area contributed by atoms with Crippen molar-refractivity contribution in [2.45, 2.75) is 31.4 Å². The molecule has 0 radical (unpaired) electrons. The molecule has 1 aromatic heterocycles. The molecule has 0 bridgehead atoms. The van der Waals surface area contributed by atoms with Crippen LogP contribution in [0.1, 0.15) is 52.7 Å². The molecule has 0 spiro atoms. The average molecular weight is 481 g/mol. The van der Waals surface area contributed by atoms with Gasteiger partial charge in [0, 0.05) is 32.1 Å². The van der Waals surface area contributed by atoms with E-state index >= 15 is 0 Å². The van der Waals surface area contributed by atoms with Crippen molar-refractivity contribution in [3.8, 4) is 0 Å². The highest BCUT2D eigenvalue weighted by molar-refractivity contribution is 5.86. The van der Waals surface area contributed by atoms with E-state index in [0.717, 1.165) is 12.1 Å². The zero-order valence-corrected chi connectivity index (χ0v) is 18.7. The van der Waals surface area contributed by atoms with Crippen molar-refractivity contribution >= 4 is 12.0 Å². The van der Waals surface area contributed by atoms with Crippen LogP contribution in [0.25, 0.3) is 0 Å². The van der Waals surface area contributed by atoms with Crippen molar-refractivity contribution < 1.29 is 36.7 Å². The highest BCUT2D eigenvalue weighted by atomic mass is 19.4. The molecule has 2 aromatic rings. The number of alkyl halides is 3. The van der Waals surface area contributed by atoms with E-state index in [9.17, 15) is 22.8 Å². The summed E-state index contributed by atoms with van der Waals surface area (Å²) in [7, 11) is 0. The maximum absolute atomic E-state index is 13.2. The number of nitrogens with zero attached hydrogens (tertiary/aromatic N) is 3. The molecule has 8 nitrogen and oxygen atoms in total. The van der Waals surface area contributed by atoms with Gasteiger partial charge in [0.1, 0.15) is 6.26 Å². The fourth-order valence-corrected chi connectivity index (χ4v) is 4.35. The van der Waals surface area contributed by atoms with Gasteiger partial charge in [-0.3, -0.25) is 0 Å². The molecule has 3 heterocycles. The quantitative estimate of drug-likeness (QED) is 0.616. The lowest BCUT2D eigenvalue weighted by molar-refractivity contribution is -0.137. The summed E-state index contributed by atoms with van der Waals surface area (Å²) in [5, 5.41) is 0. The Morgan fingerprint density at radius 2 is 1.76 bits per heavy atom. The summed E-state index contributed by atoms with van der Waals surface area (Å²) in [6.45, 7) is 4.39. The van der Waals surface area contributed by atoms with Crippen LogP contribution in [0.3, 0.4) is 0 Å². The molecule has 0 aliphatic carbocycles. The number of oxazole rings is 1. The first-order valence-electron chi connectivity index (χ1n) is 11.2. The average Bonchev–Trinajstić information content (AvgIpc) is 3.34. The van der Waals surface area contributed by atoms with E-state index in [-0.39, 0.29) is 30.2 Å². The van der Waals surface area contributed by atoms with Crippen LogP contribution in [-0.4, -0.2) is 72.8 Å². The fraction of sp³-hybridized carbons (Fsp3) is 0.522. The van der Waals surface area contributed by atoms with Crippen molar-refractivity contribution in [2.75, 3.05) is 46.0 Å². The van der Waals surface area contributed by atoms with Crippen molar-refractivity contribution in [1.82, 2.24) is 14.8 Å². The number of benzene rings is 1. The summed E-state index contributed by atoms with van der Waals surface area (Å²) in [6.07, 6.45) is -2.70. The molecule has 0 saturated carbocycles. The number of halogens is 3. The van der Waals surface area contributed by atoms with Crippen LogP contribution in [0, 0.1) is 0 Å². The third kappa shape index (κ3) is 5.35. The molecule has 2 atom stereocenters. The van der Waals surface area contributed by atoms with Crippen LogP contribution in [-0.2, 0) is 15.7 Å². The van der Waals surface area contributed by atoms with E-state index in [1.165, 1.54) is 18.4 Å². The SMILES string of the molecule is CCOC(=O)c1coc(C2CC(c3ccc(C(F)(F)F)cc3)CN(C(=O)N3CCOCC3)C2)n1. The molecule has 2 saturated heterocycles. The highest BCUT2D eigenvalue weighted by Crippen LogP contribution is 2.37. The largest absolute Gasteiger partial charge is 0.461 e. The molecular weight excluding hydrogens is 455 g/mol. The molecule has 2 aliphatic heterocycles. The van der Waals surface area contributed by atoms with Crippen molar-refractivity contribution in [1.29, 1.82) is 0 Å². The molecule has 34 heavy (non-hydrogen) atoms. The van der Waals surface area contributed by atoms with Gasteiger partial charge < -0.3 is 23.7 Å². The van der Waals surface area contributed by atoms with E-state index < -0.39 is 17.7 Å². The normalized spacial score (nSPS) is 21.4. The number of hydrogen-bond donors (Lipinski definition) is 0. The molecule has 2 amide bonds. The minimum Gasteiger partial charge on any atom is -0.461 e. The zero-order chi connectivity index (χ0) is 24.3. The first-order valence-corrected chi connectivity index (χ1v) is 11.2. The predicted molar refractivity (Wildman–Crippen MR) is 113 cm³/mol. The summed E-state index contributed by atoms with van der Waals surface area (Å²) < 4.78 is 54.9. The van der Waals surface area contributed by atoms with E-state index in [4.69, 9.17) is 13.9 Å². The van der Waals surface area contributed by atoms with E-state index in [1.54, 1.807) is 16.7 Å². The number of rotatable bonds is 4. The van der Waals surface area contributed by atoms with Gasteiger partial charge >= 0.3 is 18.2 Å². The third-order valence-electron chi connectivity index (χ3n) is 6.07. The Labute approximate surface area is 194 Å². The molecule has 2 fully saturated rings. The van der Waals surface area contributed by atoms with Crippen molar-refractivity contribution in [2.24, 2.45) is 0 Å². The van der Waals surface area contributed by atoms with Gasteiger partial charge in [-0.25, -0.2) is 14.6 Å². The Morgan fingerprint density at radius 1 is 1.09 bits per heavy atom. The standard InChI is InChI=1S/C23H26F3N3O5/c1-2-33-21(30)19-14-34-20(27-19)17-11-16(15-3-5-18(6-4-15)23(24,25)26)12-29(13-17)22(31)28-7-9-32-10-8-28/h3-6,14,16-17H,2,7-13H2,1H3. The Balaban J connectivity index is 1.58. The number of amides is 2. The number of hydrogen-bond acceptors (Lipinski definition) is 6. The monoisotopic (exact) mass is 481 g/mol. The lowest BCUT2D eigenvalue weighted by atomic mass is 9.84. The number of aromatic nitrogens is 1. The first-order chi connectivity index (χ1) is 16.3. The van der Waals surface area contributed by atoms with Gasteiger partial charge in [-0.05, 0) is 31.0 Å². The Bertz CT molecular complexity index is 1000. The molecule has 2 unspecified atom stereocenters. The minimum atomic E-state index is -4.42. The summed E-state index contributed by atoms with van der Waals surface area (Å²) in [5.41, 5.74) is 0.00541. The predicted octanol–water partition coefficient (Wildman–Crippen LogP) is 3.90. The smallest absolute Gasteiger partial charge is 0.416 e. The lowest BCUT2D eigenvalue weighted by Crippen LogP contribution is -2.52. The van der Waals surface area contributed by atoms with Gasteiger partial charge in [0.15, 0.2) is 11.6 Å². The molecule has 184 valence electrons. The highest BCUT2D eigenvalue weighted by Gasteiger charge is 2.37. The van der Waals surface area contributed by atoms with Gasteiger partial charge in [-0.2, -0.15) is 13.2 Å². The molecule has 11 heteroatoms. The number of ether oxygens (including phenoxy) is 2. The zero-order valence-electron chi connectivity index (χ0n) is 18.7. The molecule has 2 aliphatic rings. The number of morpholine rings is 1. The van der Waals surface area contributed by atoms with Crippen LogP contribution in [0.4, 0.5) is 18.0 Å². The number of carbonyl (C=O) groups excluding carboxylic acids is 2. The Morgan fingerprint density at radius 3 is 2.41 bits per heavy atom. The van der Waals surface area contributed by atoms with Crippen LogP contribution < -0.4 is 0 Å². The van der Waals surface area contributed by atoms with Crippen LogP contribution in [0.5, 0.6) is 0 Å². The van der Waals surface area contributed by atoms with Gasteiger partial charge in [0.25, 0.3) is 0 Å². The van der Waals surface area contributed by atoms with E-state index in [0.29, 0.717) is 57.3 Å². The fourth-order valence-electron chi connectivity index (χ4n) is 4.35. The number of piperidine rings is 1. The van der Waals surface area contributed by atoms with Crippen molar-refractivity contribution in [3.63, 3.8) is 0 Å². The lowest BCUT2D eigenvalue weighted by Gasteiger charge is -2.40. The van der Waals surface area contributed by atoms with Crippen LogP contribution in [0.2, 0.25) is 0 Å². The Hall–Kier alpha value is -3.08. The number of likely N-dealkylation sites (tertiary alicyclic amines) is 1. The van der Waals surface area contributed by atoms with E-state index in [1.807, 2.05) is 0 Å². The van der Waals surface area contributed by atoms with Crippen molar-refractivity contribution in [3.05, 3.63) is 53.2 Å². The van der Waals surface area contributed by atoms with Crippen LogP contribution in [0.15, 0.2) is 34.9 Å². The maximum Gasteiger partial charge on any atom is 0.416 e. The second-order valence-corrected chi connectivity index (χ2v) is 8.33. The molecule has 4 rings (SSSR count). The second-order valence-electron chi connectivity index (χ2n) is 8.33. The van der Waals surface area contributed by atoms with E-state index in [2.05, 4.69) is 4.98 Å². The summed E-state index contributed by atoms with van der Waals surface area (Å²) in [6, 6.07) is 4.84. The van der Waals surface area contributed by atoms with Gasteiger partial charge in [0.05, 0.1) is 31.3 Å². The second kappa shape index (κ2) is 10.0. The molecule has 1 aromatic carbocycles. The number of urea groups is 1. The summed E-state index contributed by atoms with van der Waals surface area (Å²) in [4.78, 5) is 32.9. The summed E-state index contributed by atoms with van der Waals surface area (Å²) in [5.74, 6) is -0.883. The number of carbonyl (C=O) groups is 2. The first kappa shape index (κ1) is 24.1. The maximum atomic E-state index is 13.2. The number of esters is 1. The Kier molecular flexibility index (Phi) is 7.11. The van der Waals surface area contributed by atoms with Gasteiger partial charge in [-0.1, -0.05) is 12.1 Å². The molecular formula is C23H26F3N3O5. The third-order valence-corrected chi connectivity index (χ3v) is 6.07. The minimum absolute atomic E-state index is 0.0413. The summed E-state index contributed by atoms with van der Waals surface area (Å²) >= 11 is 0. The van der Waals surface area contributed by atoms with Gasteiger partial charge in [0.2, 0.25) is 0 Å².